The maximum atomic E-state index is 13.2. The topological polar surface area (TPSA) is 94.9 Å². The minimum atomic E-state index is -0.637. The number of rotatable bonds is 6. The highest BCUT2D eigenvalue weighted by Crippen LogP contribution is 2.45. The summed E-state index contributed by atoms with van der Waals surface area (Å²) in [6, 6.07) is 30.1. The lowest BCUT2D eigenvalue weighted by Crippen LogP contribution is -2.32. The van der Waals surface area contributed by atoms with Gasteiger partial charge in [-0.2, -0.15) is 5.10 Å². The number of methoxy groups -OCH3 is 2. The van der Waals surface area contributed by atoms with Crippen molar-refractivity contribution in [2.75, 3.05) is 14.2 Å². The van der Waals surface area contributed by atoms with Gasteiger partial charge in [-0.25, -0.2) is 4.79 Å². The van der Waals surface area contributed by atoms with Crippen molar-refractivity contribution in [2.45, 2.75) is 5.92 Å². The summed E-state index contributed by atoms with van der Waals surface area (Å²) in [6.07, 6.45) is 1.53. The first-order valence-corrected chi connectivity index (χ1v) is 12.7. The fraction of sp³-hybridized carbons (Fsp3) is 0.0938. The molecule has 40 heavy (non-hydrogen) atoms. The molecule has 1 unspecified atom stereocenters. The van der Waals surface area contributed by atoms with Gasteiger partial charge in [0.05, 0.1) is 31.3 Å². The van der Waals surface area contributed by atoms with Gasteiger partial charge in [-0.3, -0.25) is 4.79 Å². The number of hydrogen-bond acceptors (Lipinski definition) is 6. The molecule has 1 N–H and O–H groups in total. The average molecular weight is 532 g/mol. The number of nitrogens with zero attached hydrogens (tertiary/aromatic N) is 2. The number of allylic oxidation sites excluding steroid dienone is 1. The molecule has 6 rings (SSSR count). The number of aromatic nitrogens is 2. The van der Waals surface area contributed by atoms with E-state index < -0.39 is 11.2 Å². The van der Waals surface area contributed by atoms with E-state index in [0.717, 1.165) is 15.8 Å². The molecule has 0 saturated heterocycles. The Morgan fingerprint density at radius 3 is 2.38 bits per heavy atom. The van der Waals surface area contributed by atoms with Gasteiger partial charge in [-0.1, -0.05) is 60.7 Å². The summed E-state index contributed by atoms with van der Waals surface area (Å²) in [5, 5.41) is 4.78. The van der Waals surface area contributed by atoms with Crippen molar-refractivity contribution < 1.29 is 14.2 Å². The van der Waals surface area contributed by atoms with E-state index in [1.54, 1.807) is 44.6 Å². The van der Waals surface area contributed by atoms with E-state index in [1.165, 1.54) is 6.21 Å². The number of fused-ring (bicyclic) bond motifs is 2. The smallest absolute Gasteiger partial charge is 0.349 e. The van der Waals surface area contributed by atoms with E-state index in [-0.39, 0.29) is 5.92 Å². The molecule has 0 bridgehead atoms. The maximum Gasteiger partial charge on any atom is 0.349 e. The summed E-state index contributed by atoms with van der Waals surface area (Å²) in [4.78, 5) is 28.9. The molecule has 8 heteroatoms. The number of nitrogens with one attached hydrogen (secondary N) is 1. The molecule has 0 amide bonds. The van der Waals surface area contributed by atoms with Gasteiger partial charge in [-0.05, 0) is 42.0 Å². The van der Waals surface area contributed by atoms with Crippen molar-refractivity contribution >= 4 is 22.9 Å². The number of hydrogen-bond donors (Lipinski definition) is 1. The normalized spacial score (nSPS) is 14.7. The lowest BCUT2D eigenvalue weighted by molar-refractivity contribution is 0.354. The molecule has 0 spiro atoms. The average Bonchev–Trinajstić information content (AvgIpc) is 3.00. The quantitative estimate of drug-likeness (QED) is 0.305. The number of para-hydroxylation sites is 2. The summed E-state index contributed by atoms with van der Waals surface area (Å²) in [5.41, 5.74) is 2.60. The Morgan fingerprint density at radius 1 is 0.850 bits per heavy atom. The number of ether oxygens (including phenoxy) is 3. The third-order valence-electron chi connectivity index (χ3n) is 6.89. The molecule has 198 valence electrons. The van der Waals surface area contributed by atoms with Crippen LogP contribution in [0.1, 0.15) is 22.6 Å². The van der Waals surface area contributed by atoms with Gasteiger partial charge in [0.2, 0.25) is 0 Å². The zero-order chi connectivity index (χ0) is 27.6. The predicted octanol–water partition coefficient (Wildman–Crippen LogP) is 5.18. The van der Waals surface area contributed by atoms with Crippen LogP contribution in [0.25, 0.3) is 16.7 Å². The molecule has 1 aliphatic heterocycles. The Hall–Kier alpha value is -5.37. The van der Waals surface area contributed by atoms with Crippen LogP contribution in [0.2, 0.25) is 0 Å². The fourth-order valence-electron chi connectivity index (χ4n) is 5.00. The van der Waals surface area contributed by atoms with E-state index in [9.17, 15) is 9.59 Å². The van der Waals surface area contributed by atoms with E-state index >= 15 is 0 Å². The molecular weight excluding hydrogens is 506 g/mol. The van der Waals surface area contributed by atoms with Gasteiger partial charge >= 0.3 is 5.69 Å². The van der Waals surface area contributed by atoms with Gasteiger partial charge in [-0.15, -0.1) is 4.68 Å². The molecule has 0 fully saturated rings. The molecule has 8 nitrogen and oxygen atoms in total. The fourth-order valence-corrected chi connectivity index (χ4v) is 5.00. The van der Waals surface area contributed by atoms with Gasteiger partial charge in [0.15, 0.2) is 11.5 Å². The second-order valence-corrected chi connectivity index (χ2v) is 9.18. The van der Waals surface area contributed by atoms with Gasteiger partial charge in [0.25, 0.3) is 5.56 Å². The summed E-state index contributed by atoms with van der Waals surface area (Å²) in [6.45, 7) is 0. The van der Waals surface area contributed by atoms with Crippen molar-refractivity contribution in [1.82, 2.24) is 9.66 Å². The largest absolute Gasteiger partial charge is 0.493 e. The number of aromatic amines is 1. The van der Waals surface area contributed by atoms with Crippen LogP contribution in [0.3, 0.4) is 0 Å². The summed E-state index contributed by atoms with van der Waals surface area (Å²) >= 11 is 0. The lowest BCUT2D eigenvalue weighted by Gasteiger charge is -2.30. The van der Waals surface area contributed by atoms with Crippen LogP contribution in [-0.4, -0.2) is 30.1 Å². The zero-order valence-electron chi connectivity index (χ0n) is 21.8. The molecule has 4 aromatic carbocycles. The Kier molecular flexibility index (Phi) is 6.49. The van der Waals surface area contributed by atoms with Crippen molar-refractivity contribution in [3.8, 4) is 17.2 Å². The highest BCUT2D eigenvalue weighted by atomic mass is 16.5. The SMILES string of the molecule is COc1ccc(C2=C(C=Nn3c(=O)[nH]c4ccccc4c3=O)C(c3ccccc3)c3ccccc3O2)cc1OC. The lowest BCUT2D eigenvalue weighted by atomic mass is 9.81. The molecule has 1 atom stereocenters. The summed E-state index contributed by atoms with van der Waals surface area (Å²) in [5.74, 6) is 2.02. The Bertz CT molecular complexity index is 1900. The monoisotopic (exact) mass is 531 g/mol. The first-order chi connectivity index (χ1) is 19.6. The third-order valence-corrected chi connectivity index (χ3v) is 6.89. The maximum absolute atomic E-state index is 13.2. The van der Waals surface area contributed by atoms with Gasteiger partial charge in [0.1, 0.15) is 11.5 Å². The van der Waals surface area contributed by atoms with Gasteiger partial charge in [0, 0.05) is 22.6 Å². The Labute approximate surface area is 229 Å². The van der Waals surface area contributed by atoms with Crippen molar-refractivity contribution in [2.24, 2.45) is 5.10 Å². The highest BCUT2D eigenvalue weighted by Gasteiger charge is 2.31. The van der Waals surface area contributed by atoms with E-state index in [0.29, 0.717) is 45.0 Å². The van der Waals surface area contributed by atoms with Crippen LogP contribution in [0.5, 0.6) is 17.2 Å². The molecule has 0 saturated carbocycles. The van der Waals surface area contributed by atoms with Crippen LogP contribution in [0.4, 0.5) is 0 Å². The second kappa shape index (κ2) is 10.4. The first kappa shape index (κ1) is 24.9. The predicted molar refractivity (Wildman–Crippen MR) is 155 cm³/mol. The van der Waals surface area contributed by atoms with Crippen molar-refractivity contribution in [3.63, 3.8) is 0 Å². The Morgan fingerprint density at radius 2 is 1.57 bits per heavy atom. The summed E-state index contributed by atoms with van der Waals surface area (Å²) < 4.78 is 18.3. The van der Waals surface area contributed by atoms with Crippen LogP contribution >= 0.6 is 0 Å². The molecule has 1 aromatic heterocycles. The van der Waals surface area contributed by atoms with Crippen LogP contribution < -0.4 is 25.5 Å². The molecule has 1 aliphatic rings. The molecular formula is C32H25N3O5. The first-order valence-electron chi connectivity index (χ1n) is 12.7. The van der Waals surface area contributed by atoms with Crippen LogP contribution in [-0.2, 0) is 0 Å². The second-order valence-electron chi connectivity index (χ2n) is 9.18. The van der Waals surface area contributed by atoms with Gasteiger partial charge < -0.3 is 19.2 Å². The summed E-state index contributed by atoms with van der Waals surface area (Å²) in [7, 11) is 3.15. The van der Waals surface area contributed by atoms with Crippen molar-refractivity contribution in [3.05, 3.63) is 140 Å². The Balaban J connectivity index is 1.61. The molecule has 0 radical (unpaired) electrons. The standard InChI is InChI=1S/C32H25N3O5/c1-38-27-17-16-21(18-28(27)39-2)30-24(19-33-35-31(36)22-12-6-8-14-25(22)34-32(35)37)29(20-10-4-3-5-11-20)23-13-7-9-15-26(23)40-30/h3-19,29H,1-2H3,(H,34,37). The molecule has 5 aromatic rings. The highest BCUT2D eigenvalue weighted by molar-refractivity contribution is 5.94. The number of H-pyrrole nitrogens is 1. The van der Waals surface area contributed by atoms with E-state index in [4.69, 9.17) is 14.2 Å². The van der Waals surface area contributed by atoms with Crippen molar-refractivity contribution in [1.29, 1.82) is 0 Å². The third kappa shape index (κ3) is 4.35. The minimum absolute atomic E-state index is 0.298. The van der Waals surface area contributed by atoms with Crippen LogP contribution in [0, 0.1) is 0 Å². The number of benzene rings is 4. The minimum Gasteiger partial charge on any atom is -0.493 e. The zero-order valence-corrected chi connectivity index (χ0v) is 21.8. The van der Waals surface area contributed by atoms with E-state index in [2.05, 4.69) is 10.1 Å². The molecule has 0 aliphatic carbocycles. The molecule has 2 heterocycles. The van der Waals surface area contributed by atoms with E-state index in [1.807, 2.05) is 66.7 Å². The van der Waals surface area contributed by atoms with Crippen LogP contribution in [0.15, 0.2) is 117 Å².